The Morgan fingerprint density at radius 1 is 1.42 bits per heavy atom. The molecule has 3 N–H and O–H groups in total. The Morgan fingerprint density at radius 3 is 2.47 bits per heavy atom. The fraction of sp³-hybridized carbons (Fsp3) is 0.636. The van der Waals surface area contributed by atoms with Gasteiger partial charge in [-0.2, -0.15) is 10.1 Å². The number of hydrogen-bond donors (Lipinski definition) is 3. The molecule has 0 spiro atoms. The molecule has 1 heterocycles. The van der Waals surface area contributed by atoms with Crippen molar-refractivity contribution >= 4 is 17.9 Å². The summed E-state index contributed by atoms with van der Waals surface area (Å²) in [6.07, 6.45) is 2.21. The number of anilines is 1. The second-order valence-corrected chi connectivity index (χ2v) is 4.31. The summed E-state index contributed by atoms with van der Waals surface area (Å²) >= 11 is 0. The number of nitrogens with one attached hydrogen (secondary N) is 2. The normalized spacial score (nSPS) is 11.1. The summed E-state index contributed by atoms with van der Waals surface area (Å²) in [5, 5.41) is 18.1. The molecule has 1 aromatic heterocycles. The molecule has 0 aliphatic carbocycles. The third kappa shape index (κ3) is 3.43. The van der Waals surface area contributed by atoms with E-state index in [1.165, 1.54) is 11.0 Å². The van der Waals surface area contributed by atoms with Crippen LogP contribution in [0.4, 0.5) is 10.7 Å². The molecule has 8 nitrogen and oxygen atoms in total. The number of hydrogen-bond acceptors (Lipinski definition) is 4. The van der Waals surface area contributed by atoms with E-state index in [4.69, 9.17) is 0 Å². The summed E-state index contributed by atoms with van der Waals surface area (Å²) in [6, 6.07) is -0.497. The molecule has 0 saturated heterocycles. The molecular formula is C11H19N5O3. The van der Waals surface area contributed by atoms with Crippen LogP contribution < -0.4 is 10.6 Å². The molecule has 1 rings (SSSR count). The van der Waals surface area contributed by atoms with Crippen LogP contribution in [-0.2, 0) is 11.8 Å². The van der Waals surface area contributed by atoms with Gasteiger partial charge >= 0.3 is 12.0 Å². The van der Waals surface area contributed by atoms with Crippen LogP contribution in [0.3, 0.4) is 0 Å². The van der Waals surface area contributed by atoms with Crippen LogP contribution in [0.2, 0.25) is 0 Å². The molecule has 19 heavy (non-hydrogen) atoms. The first kappa shape index (κ1) is 14.9. The molecule has 0 aliphatic rings. The molecule has 0 unspecified atom stereocenters. The van der Waals surface area contributed by atoms with Gasteiger partial charge in [-0.05, 0) is 12.8 Å². The average Bonchev–Trinajstić information content (AvgIpc) is 2.76. The molecule has 0 saturated carbocycles. The van der Waals surface area contributed by atoms with Crippen LogP contribution in [0.15, 0.2) is 6.33 Å². The molecule has 0 aliphatic heterocycles. The van der Waals surface area contributed by atoms with Crippen molar-refractivity contribution < 1.29 is 14.7 Å². The van der Waals surface area contributed by atoms with Crippen LogP contribution >= 0.6 is 0 Å². The maximum absolute atomic E-state index is 11.7. The van der Waals surface area contributed by atoms with Gasteiger partial charge in [-0.25, -0.2) is 9.48 Å². The number of amides is 2. The zero-order valence-corrected chi connectivity index (χ0v) is 11.3. The van der Waals surface area contributed by atoms with Crippen molar-refractivity contribution in [2.24, 2.45) is 12.5 Å². The molecule has 1 aromatic rings. The Bertz CT molecular complexity index is 453. The maximum Gasteiger partial charge on any atom is 0.321 e. The quantitative estimate of drug-likeness (QED) is 0.708. The summed E-state index contributed by atoms with van der Waals surface area (Å²) < 4.78 is 1.41. The van der Waals surface area contributed by atoms with E-state index in [9.17, 15) is 14.7 Å². The Hall–Kier alpha value is -2.12. The summed E-state index contributed by atoms with van der Waals surface area (Å²) in [5.41, 5.74) is -0.933. The molecule has 2 amide bonds. The average molecular weight is 269 g/mol. The second kappa shape index (κ2) is 6.17. The van der Waals surface area contributed by atoms with E-state index in [1.54, 1.807) is 20.9 Å². The monoisotopic (exact) mass is 269 g/mol. The number of aromatic nitrogens is 3. The number of carbonyl (C=O) groups excluding carboxylic acids is 1. The Morgan fingerprint density at radius 2 is 2.05 bits per heavy atom. The number of aryl methyl sites for hydroxylation is 1. The van der Waals surface area contributed by atoms with Crippen molar-refractivity contribution in [1.82, 2.24) is 20.1 Å². The Labute approximate surface area is 111 Å². The van der Waals surface area contributed by atoms with Crippen LogP contribution in [0, 0.1) is 5.41 Å². The van der Waals surface area contributed by atoms with Gasteiger partial charge in [0.2, 0.25) is 5.95 Å². The number of rotatable bonds is 6. The number of aliphatic carboxylic acids is 1. The van der Waals surface area contributed by atoms with Gasteiger partial charge in [-0.3, -0.25) is 10.1 Å². The van der Waals surface area contributed by atoms with Crippen LogP contribution in [0.25, 0.3) is 0 Å². The number of carboxylic acid groups (broad SMARTS) is 1. The molecule has 0 aromatic carbocycles. The predicted octanol–water partition coefficient (Wildman–Crippen LogP) is 0.828. The van der Waals surface area contributed by atoms with Crippen LogP contribution in [0.5, 0.6) is 0 Å². The minimum absolute atomic E-state index is 0.0685. The number of carbonyl (C=O) groups is 2. The van der Waals surface area contributed by atoms with E-state index in [0.717, 1.165) is 0 Å². The summed E-state index contributed by atoms with van der Waals surface area (Å²) in [5.74, 6) is -0.608. The summed E-state index contributed by atoms with van der Waals surface area (Å²) in [6.45, 7) is 3.65. The number of nitrogens with zero attached hydrogens (tertiary/aromatic N) is 3. The lowest BCUT2D eigenvalue weighted by Crippen LogP contribution is -2.44. The largest absolute Gasteiger partial charge is 0.481 e. The van der Waals surface area contributed by atoms with Gasteiger partial charge in [-0.15, -0.1) is 0 Å². The second-order valence-electron chi connectivity index (χ2n) is 4.31. The highest BCUT2D eigenvalue weighted by molar-refractivity contribution is 5.88. The van der Waals surface area contributed by atoms with Crippen molar-refractivity contribution in [1.29, 1.82) is 0 Å². The van der Waals surface area contributed by atoms with Gasteiger partial charge in [0.1, 0.15) is 6.33 Å². The first-order chi connectivity index (χ1) is 8.95. The number of urea groups is 1. The van der Waals surface area contributed by atoms with E-state index >= 15 is 0 Å². The van der Waals surface area contributed by atoms with Gasteiger partial charge in [0, 0.05) is 13.6 Å². The topological polar surface area (TPSA) is 109 Å². The molecule has 0 bridgehead atoms. The van der Waals surface area contributed by atoms with Gasteiger partial charge in [-0.1, -0.05) is 13.8 Å². The summed E-state index contributed by atoms with van der Waals surface area (Å²) in [7, 11) is 1.64. The molecule has 106 valence electrons. The lowest BCUT2D eigenvalue weighted by atomic mass is 9.82. The fourth-order valence-corrected chi connectivity index (χ4v) is 1.68. The fourth-order valence-electron chi connectivity index (χ4n) is 1.68. The highest BCUT2D eigenvalue weighted by atomic mass is 16.4. The molecule has 0 atom stereocenters. The van der Waals surface area contributed by atoms with Gasteiger partial charge in [0.25, 0.3) is 0 Å². The maximum atomic E-state index is 11.7. The van der Waals surface area contributed by atoms with E-state index in [0.29, 0.717) is 18.8 Å². The zero-order valence-electron chi connectivity index (χ0n) is 11.3. The van der Waals surface area contributed by atoms with E-state index < -0.39 is 17.4 Å². The zero-order chi connectivity index (χ0) is 14.5. The highest BCUT2D eigenvalue weighted by Gasteiger charge is 2.35. The van der Waals surface area contributed by atoms with Crippen molar-refractivity contribution in [2.45, 2.75) is 26.7 Å². The van der Waals surface area contributed by atoms with Crippen molar-refractivity contribution in [3.8, 4) is 0 Å². The van der Waals surface area contributed by atoms with Gasteiger partial charge < -0.3 is 10.4 Å². The van der Waals surface area contributed by atoms with Crippen LogP contribution in [0.1, 0.15) is 26.7 Å². The smallest absolute Gasteiger partial charge is 0.321 e. The van der Waals surface area contributed by atoms with E-state index in [2.05, 4.69) is 20.7 Å². The minimum atomic E-state index is -0.933. The summed E-state index contributed by atoms with van der Waals surface area (Å²) in [4.78, 5) is 26.8. The van der Waals surface area contributed by atoms with Crippen LogP contribution in [-0.4, -0.2) is 38.4 Å². The highest BCUT2D eigenvalue weighted by Crippen LogP contribution is 2.25. The molecular weight excluding hydrogens is 250 g/mol. The SMILES string of the molecule is CCC(CC)(CNC(=O)Nc1ncnn1C)C(=O)O. The number of carboxylic acids is 1. The van der Waals surface area contributed by atoms with E-state index in [-0.39, 0.29) is 6.54 Å². The minimum Gasteiger partial charge on any atom is -0.481 e. The third-order valence-electron chi connectivity index (χ3n) is 3.33. The lowest BCUT2D eigenvalue weighted by Gasteiger charge is -2.26. The van der Waals surface area contributed by atoms with Crippen molar-refractivity contribution in [3.63, 3.8) is 0 Å². The Balaban J connectivity index is 2.58. The standard InChI is InChI=1S/C11H19N5O3/c1-4-11(5-2,8(17)18)6-12-10(19)15-9-13-7-14-16(9)3/h7H,4-6H2,1-3H3,(H,17,18)(H2,12,13,14,15,19). The molecule has 0 radical (unpaired) electrons. The predicted molar refractivity (Wildman–Crippen MR) is 68.7 cm³/mol. The first-order valence-corrected chi connectivity index (χ1v) is 6.07. The van der Waals surface area contributed by atoms with Crippen molar-refractivity contribution in [3.05, 3.63) is 6.33 Å². The first-order valence-electron chi connectivity index (χ1n) is 6.07. The van der Waals surface area contributed by atoms with Crippen molar-refractivity contribution in [2.75, 3.05) is 11.9 Å². The lowest BCUT2D eigenvalue weighted by molar-refractivity contribution is -0.149. The van der Waals surface area contributed by atoms with Gasteiger partial charge in [0.15, 0.2) is 0 Å². The molecule has 8 heteroatoms. The van der Waals surface area contributed by atoms with Gasteiger partial charge in [0.05, 0.1) is 5.41 Å². The van der Waals surface area contributed by atoms with E-state index in [1.807, 2.05) is 0 Å². The Kier molecular flexibility index (Phi) is 4.85. The molecule has 0 fully saturated rings. The third-order valence-corrected chi connectivity index (χ3v) is 3.33.